The molecule has 7 heteroatoms. The van der Waals surface area contributed by atoms with Gasteiger partial charge in [-0.15, -0.1) is 3.89 Å². The summed E-state index contributed by atoms with van der Waals surface area (Å²) in [5.74, 6) is -1.41. The van der Waals surface area contributed by atoms with Gasteiger partial charge in [0.25, 0.3) is 0 Å². The van der Waals surface area contributed by atoms with Gasteiger partial charge in [-0.25, -0.2) is 9.78 Å². The number of aromatic carboxylic acids is 1. The zero-order valence-corrected chi connectivity index (χ0v) is 6.95. The van der Waals surface area contributed by atoms with E-state index in [1.165, 1.54) is 0 Å². The molecule has 1 N–H and O–H groups in total. The number of halogens is 1. The Morgan fingerprint density at radius 1 is 1.54 bits per heavy atom. The van der Waals surface area contributed by atoms with E-state index in [1.54, 1.807) is 0 Å². The fourth-order valence-corrected chi connectivity index (χ4v) is 1.16. The molecule has 70 valence electrons. The van der Waals surface area contributed by atoms with Crippen molar-refractivity contribution in [3.8, 4) is 0 Å². The second kappa shape index (κ2) is 3.09. The Kier molecular flexibility index (Phi) is 2.28. The summed E-state index contributed by atoms with van der Waals surface area (Å²) < 4.78 is 33.0. The zero-order valence-electron chi connectivity index (χ0n) is 6.14. The van der Waals surface area contributed by atoms with Gasteiger partial charge in [-0.1, -0.05) is 0 Å². The molecule has 0 unspecified atom stereocenters. The number of nitrogens with zero attached hydrogens (tertiary/aromatic N) is 1. The lowest BCUT2D eigenvalue weighted by Crippen LogP contribution is -2.02. The molecule has 0 saturated heterocycles. The van der Waals surface area contributed by atoms with Crippen LogP contribution in [0.1, 0.15) is 10.5 Å². The highest BCUT2D eigenvalue weighted by Crippen LogP contribution is 2.11. The van der Waals surface area contributed by atoms with E-state index >= 15 is 0 Å². The number of hydrogen-bond donors (Lipinski definition) is 1. The summed E-state index contributed by atoms with van der Waals surface area (Å²) in [4.78, 5) is 12.9. The Labute approximate surface area is 73.1 Å². The molecule has 0 amide bonds. The topological polar surface area (TPSA) is 84.3 Å². The minimum atomic E-state index is -4.86. The second-order valence-corrected chi connectivity index (χ2v) is 3.47. The van der Waals surface area contributed by atoms with Gasteiger partial charge in [0.05, 0.1) is 0 Å². The molecule has 1 heterocycles. The molecule has 13 heavy (non-hydrogen) atoms. The van der Waals surface area contributed by atoms with Gasteiger partial charge in [0, 0.05) is 6.20 Å². The maximum absolute atomic E-state index is 12.3. The van der Waals surface area contributed by atoms with E-state index in [0.29, 0.717) is 6.07 Å². The third-order valence-electron chi connectivity index (χ3n) is 1.23. The normalized spacial score (nSPS) is 11.2. The number of rotatable bonds is 2. The Bertz CT molecular complexity index is 442. The molecular formula is C6H4FNO4S. The first-order chi connectivity index (χ1) is 5.91. The maximum Gasteiger partial charge on any atom is 0.354 e. The van der Waals surface area contributed by atoms with Gasteiger partial charge in [-0.05, 0) is 12.1 Å². The molecule has 1 aromatic rings. The van der Waals surface area contributed by atoms with Crippen LogP contribution in [0.25, 0.3) is 0 Å². The van der Waals surface area contributed by atoms with E-state index in [2.05, 4.69) is 4.98 Å². The smallest absolute Gasteiger partial charge is 0.354 e. The lowest BCUT2D eigenvalue weighted by atomic mass is 10.4. The van der Waals surface area contributed by atoms with Crippen LogP contribution in [-0.2, 0) is 10.2 Å². The highest BCUT2D eigenvalue weighted by Gasteiger charge is 2.14. The van der Waals surface area contributed by atoms with Crippen molar-refractivity contribution in [3.05, 3.63) is 24.0 Å². The fourth-order valence-electron chi connectivity index (χ4n) is 0.680. The molecule has 0 saturated carbocycles. The lowest BCUT2D eigenvalue weighted by molar-refractivity contribution is 0.0690. The molecule has 0 aliphatic carbocycles. The monoisotopic (exact) mass is 205 g/mol. The molecule has 0 atom stereocenters. The first-order valence-electron chi connectivity index (χ1n) is 3.05. The first kappa shape index (κ1) is 9.59. The summed E-state index contributed by atoms with van der Waals surface area (Å²) in [6.07, 6.45) is 0.913. The van der Waals surface area contributed by atoms with E-state index in [-0.39, 0.29) is 0 Å². The quantitative estimate of drug-likeness (QED) is 0.708. The van der Waals surface area contributed by atoms with Crippen LogP contribution in [0.3, 0.4) is 0 Å². The molecule has 0 spiro atoms. The Hall–Kier alpha value is -1.50. The molecule has 0 radical (unpaired) electrons. The summed E-state index contributed by atoms with van der Waals surface area (Å²) in [5.41, 5.74) is -0.515. The standard InChI is InChI=1S/C6H4FNO4S/c7-13(11,12)4-1-2-8-5(3-4)6(9)10/h1-3H,(H,9,10). The van der Waals surface area contributed by atoms with Crippen LogP contribution in [0.5, 0.6) is 0 Å². The van der Waals surface area contributed by atoms with Crippen molar-refractivity contribution in [2.45, 2.75) is 4.90 Å². The van der Waals surface area contributed by atoms with Gasteiger partial charge in [-0.3, -0.25) is 0 Å². The molecule has 1 rings (SSSR count). The third-order valence-corrected chi connectivity index (χ3v) is 2.05. The zero-order chi connectivity index (χ0) is 10.1. The molecule has 0 aliphatic heterocycles. The average Bonchev–Trinajstić information content (AvgIpc) is 2.03. The summed E-state index contributed by atoms with van der Waals surface area (Å²) >= 11 is 0. The number of carboxylic acid groups (broad SMARTS) is 1. The average molecular weight is 205 g/mol. The molecule has 0 fully saturated rings. The minimum Gasteiger partial charge on any atom is -0.477 e. The van der Waals surface area contributed by atoms with Crippen molar-refractivity contribution in [1.29, 1.82) is 0 Å². The summed E-state index contributed by atoms with van der Waals surface area (Å²) in [6, 6.07) is 1.53. The van der Waals surface area contributed by atoms with E-state index in [0.717, 1.165) is 12.3 Å². The van der Waals surface area contributed by atoms with E-state index in [9.17, 15) is 17.1 Å². The van der Waals surface area contributed by atoms with Crippen LogP contribution in [-0.4, -0.2) is 24.5 Å². The van der Waals surface area contributed by atoms with E-state index in [1.807, 2.05) is 0 Å². The van der Waals surface area contributed by atoms with E-state index < -0.39 is 26.8 Å². The second-order valence-electron chi connectivity index (χ2n) is 2.12. The van der Waals surface area contributed by atoms with Crippen molar-refractivity contribution in [3.63, 3.8) is 0 Å². The SMILES string of the molecule is O=C(O)c1cc(S(=O)(=O)F)ccn1. The number of pyridine rings is 1. The molecule has 5 nitrogen and oxygen atoms in total. The number of aromatic nitrogens is 1. The minimum absolute atomic E-state index is 0.515. The predicted octanol–water partition coefficient (Wildman–Crippen LogP) is 0.438. The van der Waals surface area contributed by atoms with Gasteiger partial charge in [-0.2, -0.15) is 8.42 Å². The number of carboxylic acids is 1. The van der Waals surface area contributed by atoms with Crippen molar-refractivity contribution < 1.29 is 22.2 Å². The van der Waals surface area contributed by atoms with Gasteiger partial charge in [0.15, 0.2) is 0 Å². The molecule has 0 aromatic carbocycles. The van der Waals surface area contributed by atoms with Gasteiger partial charge >= 0.3 is 16.2 Å². The first-order valence-corrected chi connectivity index (χ1v) is 4.43. The summed E-state index contributed by atoms with van der Waals surface area (Å²) in [6.45, 7) is 0. The summed E-state index contributed by atoms with van der Waals surface area (Å²) in [5, 5.41) is 8.40. The van der Waals surface area contributed by atoms with Crippen LogP contribution in [0.15, 0.2) is 23.2 Å². The van der Waals surface area contributed by atoms with Crippen LogP contribution in [0.4, 0.5) is 3.89 Å². The molecule has 0 aliphatic rings. The maximum atomic E-state index is 12.3. The van der Waals surface area contributed by atoms with Gasteiger partial charge in [0.1, 0.15) is 10.6 Å². The van der Waals surface area contributed by atoms with E-state index in [4.69, 9.17) is 5.11 Å². The largest absolute Gasteiger partial charge is 0.477 e. The predicted molar refractivity (Wildman–Crippen MR) is 39.5 cm³/mol. The third kappa shape index (κ3) is 2.22. The van der Waals surface area contributed by atoms with Crippen LogP contribution >= 0.6 is 0 Å². The lowest BCUT2D eigenvalue weighted by Gasteiger charge is -1.95. The highest BCUT2D eigenvalue weighted by molar-refractivity contribution is 7.86. The van der Waals surface area contributed by atoms with Crippen molar-refractivity contribution in [2.75, 3.05) is 0 Å². The number of carbonyl (C=O) groups is 1. The van der Waals surface area contributed by atoms with Crippen LogP contribution in [0.2, 0.25) is 0 Å². The van der Waals surface area contributed by atoms with Crippen molar-refractivity contribution in [2.24, 2.45) is 0 Å². The Balaban J connectivity index is 3.29. The van der Waals surface area contributed by atoms with Gasteiger partial charge in [0.2, 0.25) is 0 Å². The van der Waals surface area contributed by atoms with Gasteiger partial charge < -0.3 is 5.11 Å². The summed E-state index contributed by atoms with van der Waals surface area (Å²) in [7, 11) is -4.86. The van der Waals surface area contributed by atoms with Crippen molar-refractivity contribution in [1.82, 2.24) is 4.98 Å². The van der Waals surface area contributed by atoms with Crippen LogP contribution in [0, 0.1) is 0 Å². The Morgan fingerprint density at radius 2 is 2.15 bits per heavy atom. The highest BCUT2D eigenvalue weighted by atomic mass is 32.3. The van der Waals surface area contributed by atoms with Crippen molar-refractivity contribution >= 4 is 16.2 Å². The molecular weight excluding hydrogens is 201 g/mol. The molecule has 0 bridgehead atoms. The fraction of sp³-hybridized carbons (Fsp3) is 0. The number of hydrogen-bond acceptors (Lipinski definition) is 4. The van der Waals surface area contributed by atoms with Crippen LogP contribution < -0.4 is 0 Å². The Morgan fingerprint density at radius 3 is 2.62 bits per heavy atom. The molecule has 1 aromatic heterocycles.